The van der Waals surface area contributed by atoms with Gasteiger partial charge < -0.3 is 5.73 Å². The minimum atomic E-state index is -3.72. The van der Waals surface area contributed by atoms with Gasteiger partial charge >= 0.3 is 0 Å². The molecular formula is C14H21N3O4S. The van der Waals surface area contributed by atoms with Crippen molar-refractivity contribution in [3.63, 3.8) is 0 Å². The number of nitrogens with zero attached hydrogens (tertiary/aromatic N) is 2. The Balaban J connectivity index is 2.40. The molecule has 0 saturated carbocycles. The normalized spacial score (nSPS) is 26.8. The molecule has 7 nitrogen and oxygen atoms in total. The van der Waals surface area contributed by atoms with E-state index in [4.69, 9.17) is 5.73 Å². The largest absolute Gasteiger partial charge is 0.329 e. The molecule has 1 aliphatic heterocycles. The van der Waals surface area contributed by atoms with Crippen LogP contribution in [-0.2, 0) is 10.0 Å². The second-order valence-electron chi connectivity index (χ2n) is 5.77. The Morgan fingerprint density at radius 3 is 2.36 bits per heavy atom. The van der Waals surface area contributed by atoms with Crippen LogP contribution in [0.5, 0.6) is 0 Å². The first kappa shape index (κ1) is 16.9. The lowest BCUT2D eigenvalue weighted by molar-refractivity contribution is -0.384. The van der Waals surface area contributed by atoms with E-state index >= 15 is 0 Å². The van der Waals surface area contributed by atoms with E-state index in [2.05, 4.69) is 0 Å². The summed E-state index contributed by atoms with van der Waals surface area (Å²) in [5, 5.41) is 10.7. The molecule has 3 atom stereocenters. The van der Waals surface area contributed by atoms with Gasteiger partial charge in [-0.05, 0) is 37.8 Å². The van der Waals surface area contributed by atoms with E-state index in [0.717, 1.165) is 12.8 Å². The zero-order valence-corrected chi connectivity index (χ0v) is 13.5. The second-order valence-corrected chi connectivity index (χ2v) is 7.61. The fourth-order valence-corrected chi connectivity index (χ4v) is 4.86. The lowest BCUT2D eigenvalue weighted by atomic mass is 9.90. The summed E-state index contributed by atoms with van der Waals surface area (Å²) in [6, 6.07) is 4.61. The van der Waals surface area contributed by atoms with Crippen molar-refractivity contribution in [2.75, 3.05) is 6.54 Å². The van der Waals surface area contributed by atoms with Crippen LogP contribution in [0.3, 0.4) is 0 Å². The molecule has 22 heavy (non-hydrogen) atoms. The first-order valence-electron chi connectivity index (χ1n) is 7.27. The third-order valence-corrected chi connectivity index (χ3v) is 6.49. The topological polar surface area (TPSA) is 107 Å². The molecule has 122 valence electrons. The highest BCUT2D eigenvalue weighted by Crippen LogP contribution is 2.33. The highest BCUT2D eigenvalue weighted by atomic mass is 32.2. The monoisotopic (exact) mass is 327 g/mol. The third kappa shape index (κ3) is 2.99. The number of sulfonamides is 1. The quantitative estimate of drug-likeness (QED) is 0.669. The van der Waals surface area contributed by atoms with Crippen molar-refractivity contribution in [1.29, 1.82) is 0 Å². The highest BCUT2D eigenvalue weighted by molar-refractivity contribution is 7.89. The van der Waals surface area contributed by atoms with E-state index in [-0.39, 0.29) is 35.1 Å². The van der Waals surface area contributed by atoms with Crippen LogP contribution in [0.25, 0.3) is 0 Å². The SMILES string of the molecule is CC1CCC(CN)N(S(=O)(=O)c2ccc([N+](=O)[O-])cc2)C1C. The second kappa shape index (κ2) is 6.31. The predicted octanol–water partition coefficient (Wildman–Crippen LogP) is 1.73. The van der Waals surface area contributed by atoms with E-state index < -0.39 is 14.9 Å². The minimum Gasteiger partial charge on any atom is -0.329 e. The van der Waals surface area contributed by atoms with Gasteiger partial charge in [-0.2, -0.15) is 4.31 Å². The third-order valence-electron chi connectivity index (χ3n) is 4.44. The summed E-state index contributed by atoms with van der Waals surface area (Å²) in [7, 11) is -3.72. The number of nitro groups is 1. The van der Waals surface area contributed by atoms with E-state index in [1.54, 1.807) is 0 Å². The van der Waals surface area contributed by atoms with Crippen molar-refractivity contribution in [3.8, 4) is 0 Å². The molecule has 1 saturated heterocycles. The molecule has 0 spiro atoms. The Morgan fingerprint density at radius 1 is 1.27 bits per heavy atom. The number of non-ortho nitro benzene ring substituents is 1. The molecule has 3 unspecified atom stereocenters. The van der Waals surface area contributed by atoms with Crippen LogP contribution in [0.15, 0.2) is 29.2 Å². The number of hydrogen-bond donors (Lipinski definition) is 1. The minimum absolute atomic E-state index is 0.0671. The molecule has 1 fully saturated rings. The zero-order valence-electron chi connectivity index (χ0n) is 12.7. The Labute approximate surface area is 130 Å². The van der Waals surface area contributed by atoms with Gasteiger partial charge in [-0.25, -0.2) is 8.42 Å². The molecule has 2 N–H and O–H groups in total. The molecule has 1 aromatic rings. The number of rotatable bonds is 4. The number of piperidine rings is 1. The van der Waals surface area contributed by atoms with Crippen molar-refractivity contribution in [1.82, 2.24) is 4.31 Å². The smallest absolute Gasteiger partial charge is 0.269 e. The fraction of sp³-hybridized carbons (Fsp3) is 0.571. The van der Waals surface area contributed by atoms with Crippen LogP contribution < -0.4 is 5.73 Å². The Bertz CT molecular complexity index is 643. The Morgan fingerprint density at radius 2 is 1.86 bits per heavy atom. The molecule has 0 amide bonds. The van der Waals surface area contributed by atoms with Gasteiger partial charge in [0.2, 0.25) is 10.0 Å². The van der Waals surface area contributed by atoms with Crippen LogP contribution >= 0.6 is 0 Å². The predicted molar refractivity (Wildman–Crippen MR) is 82.8 cm³/mol. The Kier molecular flexibility index (Phi) is 4.84. The van der Waals surface area contributed by atoms with Gasteiger partial charge in [0.25, 0.3) is 5.69 Å². The lowest BCUT2D eigenvalue weighted by Gasteiger charge is -2.42. The summed E-state index contributed by atoms with van der Waals surface area (Å²) < 4.78 is 27.3. The van der Waals surface area contributed by atoms with Gasteiger partial charge in [0.1, 0.15) is 0 Å². The van der Waals surface area contributed by atoms with Crippen molar-refractivity contribution in [2.24, 2.45) is 11.7 Å². The number of benzene rings is 1. The van der Waals surface area contributed by atoms with Crippen LogP contribution in [0.4, 0.5) is 5.69 Å². The fourth-order valence-electron chi connectivity index (χ4n) is 2.91. The average Bonchev–Trinajstić information content (AvgIpc) is 2.49. The van der Waals surface area contributed by atoms with Crippen molar-refractivity contribution in [3.05, 3.63) is 34.4 Å². The molecule has 1 aromatic carbocycles. The summed E-state index contributed by atoms with van der Waals surface area (Å²) in [5.41, 5.74) is 5.61. The molecule has 1 heterocycles. The van der Waals surface area contributed by atoms with Crippen molar-refractivity contribution < 1.29 is 13.3 Å². The first-order chi connectivity index (χ1) is 10.3. The van der Waals surface area contributed by atoms with E-state index in [1.807, 2.05) is 13.8 Å². The van der Waals surface area contributed by atoms with E-state index in [9.17, 15) is 18.5 Å². The first-order valence-corrected chi connectivity index (χ1v) is 8.71. The molecule has 2 rings (SSSR count). The molecule has 8 heteroatoms. The maximum Gasteiger partial charge on any atom is 0.269 e. The Hall–Kier alpha value is -1.51. The molecule has 0 aromatic heterocycles. The van der Waals surface area contributed by atoms with Crippen LogP contribution in [0, 0.1) is 16.0 Å². The highest BCUT2D eigenvalue weighted by Gasteiger charge is 2.40. The maximum atomic E-state index is 12.9. The average molecular weight is 327 g/mol. The zero-order chi connectivity index (χ0) is 16.5. The van der Waals surface area contributed by atoms with Gasteiger partial charge in [0.15, 0.2) is 0 Å². The molecule has 0 radical (unpaired) electrons. The van der Waals surface area contributed by atoms with Gasteiger partial charge in [-0.3, -0.25) is 10.1 Å². The van der Waals surface area contributed by atoms with Gasteiger partial charge in [-0.15, -0.1) is 0 Å². The number of nitro benzene ring substituents is 1. The van der Waals surface area contributed by atoms with E-state index in [1.165, 1.54) is 28.6 Å². The summed E-state index contributed by atoms with van der Waals surface area (Å²) in [6.07, 6.45) is 1.67. The summed E-state index contributed by atoms with van der Waals surface area (Å²) in [6.45, 7) is 4.18. The van der Waals surface area contributed by atoms with E-state index in [0.29, 0.717) is 0 Å². The van der Waals surface area contributed by atoms with Crippen molar-refractivity contribution in [2.45, 2.75) is 43.7 Å². The summed E-state index contributed by atoms with van der Waals surface area (Å²) in [4.78, 5) is 10.2. The summed E-state index contributed by atoms with van der Waals surface area (Å²) >= 11 is 0. The standard InChI is InChI=1S/C14H21N3O4S/c1-10-3-4-13(9-15)16(11(10)2)22(20,21)14-7-5-12(6-8-14)17(18)19/h5-8,10-11,13H,3-4,9,15H2,1-2H3. The van der Waals surface area contributed by atoms with Crippen LogP contribution in [-0.4, -0.2) is 36.3 Å². The lowest BCUT2D eigenvalue weighted by Crippen LogP contribution is -2.54. The molecular weight excluding hydrogens is 306 g/mol. The van der Waals surface area contributed by atoms with Gasteiger partial charge in [-0.1, -0.05) is 6.92 Å². The maximum absolute atomic E-state index is 12.9. The van der Waals surface area contributed by atoms with Crippen LogP contribution in [0.1, 0.15) is 26.7 Å². The molecule has 1 aliphatic rings. The molecule has 0 aliphatic carbocycles. The number of nitrogens with two attached hydrogens (primary N) is 1. The van der Waals surface area contributed by atoms with Gasteiger partial charge in [0.05, 0.1) is 9.82 Å². The molecule has 0 bridgehead atoms. The summed E-state index contributed by atoms with van der Waals surface area (Å²) in [5.74, 6) is 0.246. The van der Waals surface area contributed by atoms with Gasteiger partial charge in [0, 0.05) is 30.8 Å². The van der Waals surface area contributed by atoms with Crippen molar-refractivity contribution >= 4 is 15.7 Å². The number of hydrogen-bond acceptors (Lipinski definition) is 5. The van der Waals surface area contributed by atoms with Crippen LogP contribution in [0.2, 0.25) is 0 Å².